The first kappa shape index (κ1) is 20.8. The summed E-state index contributed by atoms with van der Waals surface area (Å²) in [5.41, 5.74) is 5.46. The smallest absolute Gasteiger partial charge is 0.408 e. The van der Waals surface area contributed by atoms with Crippen LogP contribution in [-0.2, 0) is 16.1 Å². The Morgan fingerprint density at radius 1 is 1.25 bits per heavy atom. The van der Waals surface area contributed by atoms with Crippen LogP contribution in [0.4, 0.5) is 10.5 Å². The van der Waals surface area contributed by atoms with Gasteiger partial charge in [-0.25, -0.2) is 4.79 Å². The molecule has 5 rings (SSSR count). The Labute approximate surface area is 186 Å². The van der Waals surface area contributed by atoms with Crippen molar-refractivity contribution < 1.29 is 24.2 Å². The van der Waals surface area contributed by atoms with E-state index in [1.807, 2.05) is 12.1 Å². The number of hydrogen-bond donors (Lipinski definition) is 3. The van der Waals surface area contributed by atoms with Crippen LogP contribution in [0.15, 0.2) is 36.4 Å². The minimum Gasteiger partial charge on any atom is -0.454 e. The number of alkyl carbamates (subject to hydrolysis) is 1. The molecule has 4 N–H and O–H groups in total. The van der Waals surface area contributed by atoms with E-state index in [0.29, 0.717) is 23.1 Å². The number of carbonyl (C=O) groups excluding carboxylic acids is 2. The van der Waals surface area contributed by atoms with Gasteiger partial charge in [0.05, 0.1) is 5.56 Å². The average Bonchev–Trinajstić information content (AvgIpc) is 3.48. The van der Waals surface area contributed by atoms with Gasteiger partial charge >= 0.3 is 6.09 Å². The summed E-state index contributed by atoms with van der Waals surface area (Å²) in [7, 11) is 0. The van der Waals surface area contributed by atoms with Crippen LogP contribution < -0.4 is 15.8 Å². The molecule has 0 bridgehead atoms. The largest absolute Gasteiger partial charge is 0.454 e. The summed E-state index contributed by atoms with van der Waals surface area (Å²) in [6.45, 7) is 7.35. The Morgan fingerprint density at radius 2 is 1.97 bits per heavy atom. The molecule has 7 heteroatoms. The van der Waals surface area contributed by atoms with Gasteiger partial charge in [0.25, 0.3) is 5.79 Å². The quantitative estimate of drug-likeness (QED) is 0.629. The van der Waals surface area contributed by atoms with Crippen LogP contribution in [0, 0.1) is 5.92 Å². The van der Waals surface area contributed by atoms with Crippen LogP contribution >= 0.6 is 0 Å². The first-order valence-electron chi connectivity index (χ1n) is 11.0. The number of amides is 1. The molecule has 0 saturated heterocycles. The molecule has 2 aliphatic carbocycles. The van der Waals surface area contributed by atoms with E-state index in [1.165, 1.54) is 12.8 Å². The minimum atomic E-state index is -2.14. The Hall–Kier alpha value is -3.06. The van der Waals surface area contributed by atoms with E-state index in [-0.39, 0.29) is 16.8 Å². The number of hydrogen-bond acceptors (Lipinski definition) is 6. The van der Waals surface area contributed by atoms with Crippen LogP contribution in [0.2, 0.25) is 0 Å². The first-order chi connectivity index (χ1) is 15.0. The predicted octanol–water partition coefficient (Wildman–Crippen LogP) is 3.94. The molecule has 0 radical (unpaired) electrons. The third-order valence-corrected chi connectivity index (χ3v) is 6.75. The van der Waals surface area contributed by atoms with Crippen LogP contribution in [0.1, 0.15) is 73.5 Å². The summed E-state index contributed by atoms with van der Waals surface area (Å²) < 4.78 is 11.5. The second-order valence-corrected chi connectivity index (χ2v) is 10.1. The normalized spacial score (nSPS) is 26.6. The van der Waals surface area contributed by atoms with E-state index in [2.05, 4.69) is 12.2 Å². The summed E-state index contributed by atoms with van der Waals surface area (Å²) in [4.78, 5) is 26.7. The highest BCUT2D eigenvalue weighted by atomic mass is 16.6. The van der Waals surface area contributed by atoms with E-state index in [1.54, 1.807) is 45.0 Å². The summed E-state index contributed by atoms with van der Waals surface area (Å²) in [5, 5.41) is 14.6. The molecule has 1 aliphatic heterocycles. The van der Waals surface area contributed by atoms with Crippen LogP contribution in [-0.4, -0.2) is 22.6 Å². The van der Waals surface area contributed by atoms with Crippen molar-refractivity contribution >= 4 is 17.6 Å². The molecule has 1 heterocycles. The van der Waals surface area contributed by atoms with Crippen molar-refractivity contribution in [3.8, 4) is 5.75 Å². The van der Waals surface area contributed by atoms with Gasteiger partial charge in [-0.15, -0.1) is 0 Å². The molecule has 1 fully saturated rings. The second-order valence-electron chi connectivity index (χ2n) is 10.1. The van der Waals surface area contributed by atoms with Crippen molar-refractivity contribution in [2.45, 2.75) is 63.4 Å². The van der Waals surface area contributed by atoms with Gasteiger partial charge < -0.3 is 20.3 Å². The van der Waals surface area contributed by atoms with Crippen molar-refractivity contribution in [3.05, 3.63) is 58.7 Å². The van der Waals surface area contributed by atoms with Gasteiger partial charge in [-0.3, -0.25) is 10.1 Å². The zero-order valence-electron chi connectivity index (χ0n) is 18.7. The number of anilines is 1. The van der Waals surface area contributed by atoms with Gasteiger partial charge in [0, 0.05) is 16.8 Å². The number of nitrogens with one attached hydrogen (secondary N) is 1. The van der Waals surface area contributed by atoms with Gasteiger partial charge in [0.2, 0.25) is 11.3 Å². The standard InChI is InChI=1S/C25H28N2O5/c1-13(14-8-9-14)15-10-11-16-19(12-15)31-25(30)17-6-5-7-18(26)20(17)21(28)24(16,25)27-22(29)32-23(2,3)4/h5-7,10-14,30H,8-9,26H2,1-4H3,(H,27,29)/t13-,24+,25+/m0/s1. The number of Topliss-reactive ketones (excluding diaryl/α,β-unsaturated/α-hetero) is 1. The maximum Gasteiger partial charge on any atom is 0.408 e. The van der Waals surface area contributed by atoms with E-state index in [0.717, 1.165) is 5.56 Å². The number of fused-ring (bicyclic) bond motifs is 5. The van der Waals surface area contributed by atoms with Gasteiger partial charge in [-0.05, 0) is 63.1 Å². The number of carbonyl (C=O) groups is 2. The number of benzene rings is 2. The highest BCUT2D eigenvalue weighted by Crippen LogP contribution is 2.59. The Bertz CT molecular complexity index is 1150. The minimum absolute atomic E-state index is 0.145. The number of ether oxygens (including phenoxy) is 2. The van der Waals surface area contributed by atoms with E-state index < -0.39 is 28.8 Å². The van der Waals surface area contributed by atoms with Gasteiger partial charge in [0.1, 0.15) is 11.4 Å². The molecule has 0 spiro atoms. The zero-order chi connectivity index (χ0) is 23.1. The van der Waals surface area contributed by atoms with Crippen LogP contribution in [0.3, 0.4) is 0 Å². The maximum absolute atomic E-state index is 13.8. The maximum atomic E-state index is 13.8. The summed E-state index contributed by atoms with van der Waals surface area (Å²) in [6, 6.07) is 10.4. The molecule has 7 nitrogen and oxygen atoms in total. The second kappa shape index (κ2) is 6.48. The predicted molar refractivity (Wildman–Crippen MR) is 118 cm³/mol. The third-order valence-electron chi connectivity index (χ3n) is 6.75. The van der Waals surface area contributed by atoms with E-state index >= 15 is 0 Å². The molecule has 2 aromatic carbocycles. The lowest BCUT2D eigenvalue weighted by Gasteiger charge is -2.35. The topological polar surface area (TPSA) is 111 Å². The molecule has 1 saturated carbocycles. The third kappa shape index (κ3) is 2.77. The molecule has 3 aliphatic rings. The fraction of sp³-hybridized carbons (Fsp3) is 0.440. The lowest BCUT2D eigenvalue weighted by atomic mass is 9.82. The van der Waals surface area contributed by atoms with Crippen LogP contribution in [0.5, 0.6) is 5.75 Å². The number of aliphatic hydroxyl groups is 1. The summed E-state index contributed by atoms with van der Waals surface area (Å²) in [6.07, 6.45) is 1.55. The number of ketones is 1. The lowest BCUT2D eigenvalue weighted by molar-refractivity contribution is -0.170. The van der Waals surface area contributed by atoms with Gasteiger partial charge in [0.15, 0.2) is 0 Å². The molecule has 1 amide bonds. The summed E-state index contributed by atoms with van der Waals surface area (Å²) >= 11 is 0. The van der Waals surface area contributed by atoms with Crippen LogP contribution in [0.25, 0.3) is 0 Å². The average molecular weight is 437 g/mol. The molecule has 168 valence electrons. The van der Waals surface area contributed by atoms with Crippen molar-refractivity contribution in [1.29, 1.82) is 0 Å². The van der Waals surface area contributed by atoms with Crippen molar-refractivity contribution in [2.75, 3.05) is 5.73 Å². The molecule has 3 atom stereocenters. The van der Waals surface area contributed by atoms with Gasteiger partial charge in [-0.2, -0.15) is 0 Å². The van der Waals surface area contributed by atoms with Crippen molar-refractivity contribution in [2.24, 2.45) is 5.92 Å². The Morgan fingerprint density at radius 3 is 2.62 bits per heavy atom. The molecule has 0 unspecified atom stereocenters. The zero-order valence-corrected chi connectivity index (χ0v) is 18.7. The summed E-state index contributed by atoms with van der Waals surface area (Å²) in [5.74, 6) is -1.33. The number of nitrogen functional groups attached to an aromatic ring is 1. The highest BCUT2D eigenvalue weighted by molar-refractivity contribution is 6.14. The lowest BCUT2D eigenvalue weighted by Crippen LogP contribution is -2.60. The molecule has 2 aromatic rings. The fourth-order valence-corrected chi connectivity index (χ4v) is 5.00. The van der Waals surface area contributed by atoms with E-state index in [9.17, 15) is 14.7 Å². The molecule has 0 aromatic heterocycles. The number of rotatable bonds is 3. The van der Waals surface area contributed by atoms with Gasteiger partial charge in [-0.1, -0.05) is 31.2 Å². The Balaban J connectivity index is 1.67. The van der Waals surface area contributed by atoms with Crippen molar-refractivity contribution in [3.63, 3.8) is 0 Å². The molecular formula is C25H28N2O5. The fourth-order valence-electron chi connectivity index (χ4n) is 5.00. The van der Waals surface area contributed by atoms with Crippen molar-refractivity contribution in [1.82, 2.24) is 5.32 Å². The first-order valence-corrected chi connectivity index (χ1v) is 11.0. The number of nitrogens with two attached hydrogens (primary N) is 1. The SMILES string of the molecule is C[C@H](c1ccc2c(c1)O[C@]1(O)c3cccc(N)c3C(=O)[C@]21NC(=O)OC(C)(C)C)C1CC1. The van der Waals surface area contributed by atoms with E-state index in [4.69, 9.17) is 15.2 Å². The Kier molecular flexibility index (Phi) is 4.22. The highest BCUT2D eigenvalue weighted by Gasteiger charge is 2.72. The molecule has 32 heavy (non-hydrogen) atoms. The monoisotopic (exact) mass is 436 g/mol. The molecular weight excluding hydrogens is 408 g/mol.